The van der Waals surface area contributed by atoms with Crippen LogP contribution in [0.2, 0.25) is 0 Å². The number of aromatic nitrogens is 8. The highest BCUT2D eigenvalue weighted by Crippen LogP contribution is 2.55. The predicted molar refractivity (Wildman–Crippen MR) is 225 cm³/mol. The molecule has 8 N–H and O–H groups in total. The zero-order valence-electron chi connectivity index (χ0n) is 33.0. The highest BCUT2D eigenvalue weighted by Gasteiger charge is 2.52. The van der Waals surface area contributed by atoms with Crippen molar-refractivity contribution in [3.63, 3.8) is 0 Å². The first kappa shape index (κ1) is 47.8. The summed E-state index contributed by atoms with van der Waals surface area (Å²) in [4.78, 5) is 71.7. The van der Waals surface area contributed by atoms with Crippen LogP contribution in [0, 0.1) is 17.2 Å². The molecule has 29 heteroatoms. The van der Waals surface area contributed by atoms with Gasteiger partial charge in [0.05, 0.1) is 45.0 Å². The monoisotopic (exact) mass is 956 g/mol. The molecule has 0 radical (unpaired) electrons. The number of aromatic amines is 1. The Morgan fingerprint density at radius 3 is 2.40 bits per heavy atom. The number of aliphatic hydroxyl groups is 1. The van der Waals surface area contributed by atoms with Crippen molar-refractivity contribution in [2.24, 2.45) is 5.92 Å². The second-order valence-electron chi connectivity index (χ2n) is 13.9. The number of aliphatic hydroxyl groups excluding tert-OH is 1. The number of rotatable bonds is 17. The topological polar surface area (TPSA) is 320 Å². The van der Waals surface area contributed by atoms with Crippen LogP contribution in [0.1, 0.15) is 43.1 Å². The fourth-order valence-electron chi connectivity index (χ4n) is 6.43. The third kappa shape index (κ3) is 10.3. The minimum atomic E-state index is -4.24. The number of hydrogen-bond donors (Lipinski definition) is 6. The average molecular weight is 957 g/mol. The highest BCUT2D eigenvalue weighted by atomic mass is 32.5. The lowest BCUT2D eigenvalue weighted by atomic mass is 10.1. The number of ether oxygens (including phenoxy) is 2. The number of benzene rings is 1. The molecule has 2 unspecified atom stereocenters. The Morgan fingerprint density at radius 1 is 1.02 bits per heavy atom. The molecule has 2 aliphatic heterocycles. The molecule has 2 fully saturated rings. The number of nitriles is 1. The first-order valence-corrected chi connectivity index (χ1v) is 23.6. The summed E-state index contributed by atoms with van der Waals surface area (Å²) in [5.41, 5.74) is -0.640. The number of fused-ring (bicyclic) bond motifs is 2. The molecule has 63 heavy (non-hydrogen) atoms. The molecule has 2 saturated heterocycles. The fourth-order valence-corrected chi connectivity index (χ4v) is 9.35. The molecular formula is C34H40F2N12O11P2S2. The van der Waals surface area contributed by atoms with Gasteiger partial charge in [0, 0.05) is 11.5 Å². The first-order valence-electron chi connectivity index (χ1n) is 18.6. The number of hydrogen-bond acceptors (Lipinski definition) is 19. The summed E-state index contributed by atoms with van der Waals surface area (Å²) >= 11 is 10.6. The lowest BCUT2D eigenvalue weighted by Gasteiger charge is -2.29. The summed E-state index contributed by atoms with van der Waals surface area (Å²) in [5, 5.41) is 24.4. The molecule has 4 aromatic heterocycles. The summed E-state index contributed by atoms with van der Waals surface area (Å²) in [6, 6.07) is 10.2. The Morgan fingerprint density at radius 2 is 1.71 bits per heavy atom. The van der Waals surface area contributed by atoms with Crippen LogP contribution < -0.4 is 22.3 Å². The lowest BCUT2D eigenvalue weighted by molar-refractivity contribution is -0.118. The second kappa shape index (κ2) is 20.5. The van der Waals surface area contributed by atoms with Gasteiger partial charge in [-0.2, -0.15) is 10.2 Å². The number of imidazole rings is 2. The van der Waals surface area contributed by atoms with E-state index in [9.17, 15) is 29.6 Å². The van der Waals surface area contributed by atoms with E-state index in [0.717, 1.165) is 17.2 Å². The Labute approximate surface area is 365 Å². The molecular weight excluding hydrogens is 917 g/mol. The molecule has 10 atom stereocenters. The van der Waals surface area contributed by atoms with Crippen molar-refractivity contribution in [2.45, 2.75) is 69.5 Å². The summed E-state index contributed by atoms with van der Waals surface area (Å²) in [7, 11) is -2.99. The molecule has 0 saturated carbocycles. The van der Waals surface area contributed by atoms with Crippen molar-refractivity contribution in [1.29, 1.82) is 5.26 Å². The van der Waals surface area contributed by atoms with Crippen LogP contribution in [0.4, 0.5) is 20.5 Å². The number of nitrogens with one attached hydrogen (secondary N) is 3. The van der Waals surface area contributed by atoms with Gasteiger partial charge in [-0.3, -0.25) is 38.3 Å². The number of amides is 2. The van der Waals surface area contributed by atoms with Gasteiger partial charge in [0.1, 0.15) is 30.7 Å². The van der Waals surface area contributed by atoms with E-state index in [1.165, 1.54) is 10.9 Å². The molecule has 7 rings (SSSR count). The smallest absolute Gasteiger partial charge is 0.327 e. The quantitative estimate of drug-likeness (QED) is 0.0576. The average Bonchev–Trinajstić information content (AvgIpc) is 4.02. The summed E-state index contributed by atoms with van der Waals surface area (Å²) < 4.78 is 70.2. The third-order valence-electron chi connectivity index (χ3n) is 9.43. The first-order chi connectivity index (χ1) is 29.7. The molecule has 338 valence electrons. The van der Waals surface area contributed by atoms with Crippen LogP contribution >= 0.6 is 13.9 Å². The highest BCUT2D eigenvalue weighted by molar-refractivity contribution is 8.07. The fraction of sp³-hybridized carbons (Fsp3) is 0.441. The van der Waals surface area contributed by atoms with Crippen LogP contribution in [0.3, 0.4) is 0 Å². The summed E-state index contributed by atoms with van der Waals surface area (Å²) in [5.74, 6) is -1.64. The molecule has 2 aliphatic rings. The van der Waals surface area contributed by atoms with Crippen molar-refractivity contribution in [3.8, 4) is 6.07 Å². The number of carbonyl (C=O) groups excluding carboxylic acids is 2. The predicted octanol–water partition coefficient (Wildman–Crippen LogP) is 2.87. The zero-order chi connectivity index (χ0) is 44.3. The van der Waals surface area contributed by atoms with Gasteiger partial charge in [0.25, 0.3) is 11.5 Å². The van der Waals surface area contributed by atoms with Crippen LogP contribution in [0.25, 0.3) is 22.3 Å². The maximum absolute atomic E-state index is 16.4. The maximum Gasteiger partial charge on any atom is 0.327 e. The van der Waals surface area contributed by atoms with E-state index >= 15 is 8.78 Å². The maximum atomic E-state index is 16.4. The number of carbonyl (C=O) groups is 2. The molecule has 6 heterocycles. The van der Waals surface area contributed by atoms with E-state index in [1.807, 2.05) is 6.07 Å². The molecule has 0 bridgehead atoms. The van der Waals surface area contributed by atoms with Crippen LogP contribution in [-0.2, 0) is 56.0 Å². The van der Waals surface area contributed by atoms with Gasteiger partial charge in [0.2, 0.25) is 11.9 Å². The van der Waals surface area contributed by atoms with Gasteiger partial charge in [0.15, 0.2) is 60.1 Å². The molecule has 0 spiro atoms. The van der Waals surface area contributed by atoms with Crippen molar-refractivity contribution < 1.29 is 55.9 Å². The van der Waals surface area contributed by atoms with Gasteiger partial charge in [-0.15, -0.1) is 0 Å². The third-order valence-corrected chi connectivity index (χ3v) is 12.6. The van der Waals surface area contributed by atoms with Crippen LogP contribution in [-0.4, -0.2) is 117 Å². The van der Waals surface area contributed by atoms with Gasteiger partial charge < -0.3 is 44.5 Å². The van der Waals surface area contributed by atoms with E-state index in [-0.39, 0.29) is 53.3 Å². The number of nitrogens with zero attached hydrogens (tertiary/aromatic N) is 8. The number of alkyl halides is 2. The van der Waals surface area contributed by atoms with Crippen molar-refractivity contribution in [2.75, 3.05) is 30.5 Å². The minimum absolute atomic E-state index is 0. The SMILES string of the molecule is CC(C)C(=O)Nc1nc2c(ncn2[C@@H]2O[C@@H](CO)[C@@H](F)[C@H]2OP(=S)(OCCC#N)OC[C@H]2O[C@@H](n3cnc4c(NC(=O)c5ccccc5)ncnc43)[C@@H](F)[C@@H]2O[PH](O)=S)c(=O)[nH]1.N. The number of halogens is 2. The van der Waals surface area contributed by atoms with E-state index in [2.05, 4.69) is 40.5 Å². The molecule has 23 nitrogen and oxygen atoms in total. The molecule has 5 aromatic rings. The Balaban J connectivity index is 0.00000661. The lowest BCUT2D eigenvalue weighted by Crippen LogP contribution is -2.34. The van der Waals surface area contributed by atoms with Crippen LogP contribution in [0.15, 0.2) is 54.1 Å². The minimum Gasteiger partial charge on any atom is -0.394 e. The standard InChI is InChI=1S/C34H37F2N11O11P2S2.H3N/c1-16(2)29(49)44-34-43-28-23(31(51)45-34)41-15-47(28)33-25(20(35)18(11-48)55-33)58-60(62,53-10-6-9-37)54-12-19-24(57-59(52)61)21(36)32(56-19)46-14-40-22-26(38-13-39-27(22)46)42-30(50)17-7-4-3-5-8-17;/h3-5,7-8,13-16,18-21,24-25,32-33,48,59H,6,10-12H2,1-2H3,(H,52,61)(H,38,39,42,50)(H2,43,44,45,49,51);1H3/t18-,19+,20+,21-,24+,25+,32+,33+,60?;/m0./s1. The van der Waals surface area contributed by atoms with E-state index in [1.54, 1.807) is 44.2 Å². The largest absolute Gasteiger partial charge is 0.394 e. The molecule has 2 amide bonds. The van der Waals surface area contributed by atoms with Crippen molar-refractivity contribution in [3.05, 3.63) is 65.2 Å². The number of H-pyrrole nitrogens is 1. The second-order valence-corrected chi connectivity index (χ2v) is 18.6. The van der Waals surface area contributed by atoms with Gasteiger partial charge in [-0.1, -0.05) is 32.0 Å². The van der Waals surface area contributed by atoms with Gasteiger partial charge in [-0.05, 0) is 35.7 Å². The Kier molecular flexibility index (Phi) is 15.5. The van der Waals surface area contributed by atoms with Crippen molar-refractivity contribution in [1.82, 2.24) is 45.2 Å². The van der Waals surface area contributed by atoms with Gasteiger partial charge >= 0.3 is 6.72 Å². The molecule has 1 aromatic carbocycles. The summed E-state index contributed by atoms with van der Waals surface area (Å²) in [6.45, 7) is -2.85. The van der Waals surface area contributed by atoms with E-state index in [4.69, 9.17) is 51.2 Å². The van der Waals surface area contributed by atoms with Crippen LogP contribution in [0.5, 0.6) is 0 Å². The van der Waals surface area contributed by atoms with Gasteiger partial charge in [-0.25, -0.2) is 28.7 Å². The van der Waals surface area contributed by atoms with E-state index < -0.39 is 99.6 Å². The zero-order valence-corrected chi connectivity index (χ0v) is 36.5. The van der Waals surface area contributed by atoms with Crippen molar-refractivity contribution >= 4 is 83.4 Å². The summed E-state index contributed by atoms with van der Waals surface area (Å²) in [6.07, 6.45) is -10.2. The Bertz CT molecular complexity index is 2620. The normalized spacial score (nSPS) is 24.8. The Hall–Kier alpha value is -4.65. The van der Waals surface area contributed by atoms with E-state index in [0.29, 0.717) is 5.56 Å². The molecule has 0 aliphatic carbocycles. The number of anilines is 2.